The zero-order valence-electron chi connectivity index (χ0n) is 6.41. The molecule has 0 fully saturated rings. The maximum atomic E-state index is 2.00. The first-order valence-corrected chi connectivity index (χ1v) is 2.31. The van der Waals surface area contributed by atoms with Gasteiger partial charge in [0.2, 0.25) is 0 Å². The van der Waals surface area contributed by atoms with Crippen LogP contribution in [0.25, 0.3) is 0 Å². The van der Waals surface area contributed by atoms with Gasteiger partial charge in [0.25, 0.3) is 0 Å². The van der Waals surface area contributed by atoms with Crippen molar-refractivity contribution in [2.45, 2.75) is 27.7 Å². The van der Waals surface area contributed by atoms with Crippen molar-refractivity contribution in [3.63, 3.8) is 0 Å². The van der Waals surface area contributed by atoms with E-state index in [4.69, 9.17) is 0 Å². The van der Waals surface area contributed by atoms with E-state index < -0.39 is 0 Å². The molecule has 0 amide bonds. The second-order valence-electron chi connectivity index (χ2n) is 1.15. The van der Waals surface area contributed by atoms with Crippen LogP contribution in [0.4, 0.5) is 0 Å². The quantitative estimate of drug-likeness (QED) is 0.284. The molecule has 0 heterocycles. The van der Waals surface area contributed by atoms with Crippen LogP contribution in [0.3, 0.4) is 0 Å². The molecular weight excluding hydrogens is 191 g/mol. The fraction of sp³-hybridized carbons (Fsp3) is 0.667. The molecule has 0 aliphatic carbocycles. The second-order valence-corrected chi connectivity index (χ2v) is 1.15. The van der Waals surface area contributed by atoms with Crippen LogP contribution in [0, 0.1) is 12.8 Å². The maximum Gasteiger partial charge on any atom is 4.00 e. The predicted molar refractivity (Wildman–Crippen MR) is 31.3 cm³/mol. The van der Waals surface area contributed by atoms with E-state index in [1.807, 2.05) is 40.5 Å². The van der Waals surface area contributed by atoms with E-state index in [9.17, 15) is 0 Å². The van der Waals surface area contributed by atoms with E-state index in [-0.39, 0.29) is 46.5 Å². The fourth-order valence-electron chi connectivity index (χ4n) is 0. The van der Waals surface area contributed by atoms with Crippen LogP contribution in [0.15, 0.2) is 0 Å². The summed E-state index contributed by atoms with van der Waals surface area (Å²) in [6, 6.07) is 0. The van der Waals surface area contributed by atoms with E-state index in [1.165, 1.54) is 0 Å². The number of rotatable bonds is 0. The van der Waals surface area contributed by atoms with Crippen molar-refractivity contribution in [1.29, 1.82) is 0 Å². The predicted octanol–water partition coefficient (Wildman–Crippen LogP) is -3.53. The summed E-state index contributed by atoms with van der Waals surface area (Å²) in [5, 5.41) is 0. The summed E-state index contributed by atoms with van der Waals surface area (Å²) in [6.45, 7) is 8.00. The monoisotopic (exact) mass is 204 g/mol. The third-order valence-electron chi connectivity index (χ3n) is 0. The van der Waals surface area contributed by atoms with E-state index in [0.717, 1.165) is 0 Å². The van der Waals surface area contributed by atoms with Crippen LogP contribution in [-0.4, -0.2) is 0 Å². The minimum Gasteiger partial charge on any atom is -1.00 e. The molecule has 0 bridgehead atoms. The Labute approximate surface area is 86.9 Å². The van der Waals surface area contributed by atoms with Gasteiger partial charge in [0.15, 0.2) is 0 Å². The van der Waals surface area contributed by atoms with E-state index in [0.29, 0.717) is 0 Å². The average Bonchev–Trinajstić information content (AvgIpc) is 1.39. The summed E-state index contributed by atoms with van der Waals surface area (Å²) < 4.78 is 0. The van der Waals surface area contributed by atoms with Gasteiger partial charge in [-0.1, -0.05) is 0 Å². The second kappa shape index (κ2) is 58.9. The molecule has 0 aromatic heterocycles. The van der Waals surface area contributed by atoms with Crippen molar-refractivity contribution in [3.8, 4) is 0 Å². The van der Waals surface area contributed by atoms with Crippen molar-refractivity contribution >= 4 is 0 Å². The molecule has 0 saturated heterocycles. The molecule has 0 atom stereocenters. The van der Waals surface area contributed by atoms with Crippen LogP contribution >= 0.6 is 0 Å². The third kappa shape index (κ3) is 295. The summed E-state index contributed by atoms with van der Waals surface area (Å²) in [4.78, 5) is 0. The molecule has 0 N–H and O–H groups in total. The fourth-order valence-corrected chi connectivity index (χ4v) is 0. The van der Waals surface area contributed by atoms with Crippen molar-refractivity contribution < 1.29 is 46.5 Å². The van der Waals surface area contributed by atoms with Crippen molar-refractivity contribution in [2.75, 3.05) is 0 Å². The van der Waals surface area contributed by atoms with Crippen molar-refractivity contribution in [2.24, 2.45) is 0 Å². The molecule has 0 rings (SSSR count). The molecule has 0 nitrogen and oxygen atoms in total. The molecule has 0 aliphatic rings. The van der Waals surface area contributed by atoms with E-state index in [2.05, 4.69) is 0 Å². The smallest absolute Gasteiger partial charge is 1.00 e. The maximum absolute atomic E-state index is 2.00. The molecule has 0 aromatic rings. The SMILES string of the molecule is C[CH-]C.C[CH-]C.[Cl-].[Cl-].[Ti+4]. The first kappa shape index (κ1) is 31.7. The zero-order chi connectivity index (χ0) is 5.41. The van der Waals surface area contributed by atoms with Crippen LogP contribution in [0.1, 0.15) is 27.7 Å². The molecule has 0 aliphatic heterocycles. The van der Waals surface area contributed by atoms with E-state index >= 15 is 0 Å². The largest absolute Gasteiger partial charge is 4.00 e. The Hall–Kier alpha value is 1.29. The summed E-state index contributed by atoms with van der Waals surface area (Å²) >= 11 is 0. The average molecular weight is 205 g/mol. The van der Waals surface area contributed by atoms with Gasteiger partial charge < -0.3 is 37.7 Å². The molecule has 3 heteroatoms. The van der Waals surface area contributed by atoms with Gasteiger partial charge in [0, 0.05) is 0 Å². The summed E-state index contributed by atoms with van der Waals surface area (Å²) in [6.07, 6.45) is 4.00. The Bertz CT molecular complexity index is 13.0. The molecule has 0 spiro atoms. The topological polar surface area (TPSA) is 0 Å². The Morgan fingerprint density at radius 1 is 0.667 bits per heavy atom. The van der Waals surface area contributed by atoms with Crippen molar-refractivity contribution in [3.05, 3.63) is 12.8 Å². The van der Waals surface area contributed by atoms with Crippen LogP contribution < -0.4 is 24.8 Å². The Balaban J connectivity index is -0.00000000889. The van der Waals surface area contributed by atoms with Crippen LogP contribution in [0.2, 0.25) is 0 Å². The van der Waals surface area contributed by atoms with Gasteiger partial charge in [-0.3, -0.25) is 0 Å². The minimum atomic E-state index is 0. The summed E-state index contributed by atoms with van der Waals surface area (Å²) in [5.41, 5.74) is 0. The van der Waals surface area contributed by atoms with Crippen molar-refractivity contribution in [1.82, 2.24) is 0 Å². The van der Waals surface area contributed by atoms with Gasteiger partial charge in [-0.25, -0.2) is 0 Å². The zero-order valence-corrected chi connectivity index (χ0v) is 9.48. The normalized spacial score (nSPS) is 4.00. The first-order valence-electron chi connectivity index (χ1n) is 2.31. The Morgan fingerprint density at radius 3 is 0.667 bits per heavy atom. The molecule has 0 saturated carbocycles. The molecule has 56 valence electrons. The van der Waals surface area contributed by atoms with Gasteiger partial charge in [-0.15, -0.1) is 0 Å². The summed E-state index contributed by atoms with van der Waals surface area (Å²) in [5.74, 6) is 0. The number of hydrogen-bond donors (Lipinski definition) is 0. The molecule has 0 unspecified atom stereocenters. The third-order valence-corrected chi connectivity index (χ3v) is 0. The molecular formula is C6H14Cl2Ti. The first-order chi connectivity index (χ1) is 2.83. The van der Waals surface area contributed by atoms with Gasteiger partial charge in [0.1, 0.15) is 0 Å². The Morgan fingerprint density at radius 2 is 0.667 bits per heavy atom. The van der Waals surface area contributed by atoms with Crippen LogP contribution in [-0.2, 0) is 21.7 Å². The van der Waals surface area contributed by atoms with Gasteiger partial charge >= 0.3 is 21.7 Å². The molecule has 0 radical (unpaired) electrons. The van der Waals surface area contributed by atoms with Gasteiger partial charge in [0.05, 0.1) is 0 Å². The summed E-state index contributed by atoms with van der Waals surface area (Å²) in [7, 11) is 0. The number of halogens is 2. The van der Waals surface area contributed by atoms with Gasteiger partial charge in [-0.05, 0) is 0 Å². The Kier molecular flexibility index (Phi) is 208. The standard InChI is InChI=1S/2C3H7.2ClH.Ti/c2*1-3-2;;;/h2*3H,1-2H3;2*1H;/q2*-1;;;+4/p-2. The molecule has 9 heavy (non-hydrogen) atoms. The molecule has 0 aromatic carbocycles. The van der Waals surface area contributed by atoms with Crippen LogP contribution in [0.5, 0.6) is 0 Å². The van der Waals surface area contributed by atoms with E-state index in [1.54, 1.807) is 0 Å². The van der Waals surface area contributed by atoms with Gasteiger partial charge in [-0.2, -0.15) is 27.7 Å². The number of hydrogen-bond acceptors (Lipinski definition) is 0. The minimum absolute atomic E-state index is 0.